The lowest BCUT2D eigenvalue weighted by Gasteiger charge is -2.28. The van der Waals surface area contributed by atoms with Gasteiger partial charge in [0.2, 0.25) is 0 Å². The molecule has 0 aromatic heterocycles. The number of alkyl halides is 3. The van der Waals surface area contributed by atoms with E-state index in [1.807, 2.05) is 0 Å². The molecule has 9 nitrogen and oxygen atoms in total. The van der Waals surface area contributed by atoms with E-state index in [2.05, 4.69) is 0 Å². The van der Waals surface area contributed by atoms with Crippen LogP contribution in [-0.2, 0) is 20.5 Å². The summed E-state index contributed by atoms with van der Waals surface area (Å²) in [4.78, 5) is 47.6. The van der Waals surface area contributed by atoms with E-state index in [-0.39, 0.29) is 11.5 Å². The molecule has 0 heterocycles. The van der Waals surface area contributed by atoms with Crippen LogP contribution in [0.5, 0.6) is 11.5 Å². The van der Waals surface area contributed by atoms with Gasteiger partial charge < -0.3 is 19.4 Å². The van der Waals surface area contributed by atoms with E-state index in [1.54, 1.807) is 20.8 Å². The minimum atomic E-state index is -4.67. The average Bonchev–Trinajstić information content (AvgIpc) is 2.73. The number of carboxylic acid groups (broad SMARTS) is 1. The van der Waals surface area contributed by atoms with E-state index >= 15 is 0 Å². The molecule has 2 unspecified atom stereocenters. The molecule has 2 rings (SSSR count). The SMILES string of the molecule is CC(OC(=O)C(C(=O)[O-])C(=O)c1cc(Oc2ccc(C(F)(F)F)cc2Cl)ccc1[N+](=O)[O-])C(C)(C)C. The summed E-state index contributed by atoms with van der Waals surface area (Å²) in [5.74, 6) is -8.24. The number of aliphatic carboxylic acids is 1. The Balaban J connectivity index is 2.47. The lowest BCUT2D eigenvalue weighted by molar-refractivity contribution is -0.385. The molecule has 2 atom stereocenters. The molecule has 0 saturated heterocycles. The number of carboxylic acids is 1. The van der Waals surface area contributed by atoms with E-state index in [1.165, 1.54) is 6.92 Å². The van der Waals surface area contributed by atoms with Gasteiger partial charge in [0.25, 0.3) is 5.69 Å². The lowest BCUT2D eigenvalue weighted by atomic mass is 9.90. The smallest absolute Gasteiger partial charge is 0.416 e. The van der Waals surface area contributed by atoms with Gasteiger partial charge in [-0.2, -0.15) is 13.2 Å². The molecule has 13 heteroatoms. The number of ketones is 1. The van der Waals surface area contributed by atoms with Crippen LogP contribution in [0.25, 0.3) is 0 Å². The summed E-state index contributed by atoms with van der Waals surface area (Å²) in [6, 6.07) is 4.74. The maximum Gasteiger partial charge on any atom is 0.416 e. The number of esters is 1. The highest BCUT2D eigenvalue weighted by molar-refractivity contribution is 6.32. The first-order valence-electron chi connectivity index (χ1n) is 10.2. The standard InChI is InChI=1S/C23H21ClF3NO8/c1-11(22(2,3)4)35-21(32)18(20(30)31)19(29)14-10-13(6-7-16(14)28(33)34)36-17-8-5-12(9-15(17)24)23(25,26)27/h5-11,18H,1-4H3,(H,30,31)/p-1. The fraction of sp³-hybridized carbons (Fsp3) is 0.348. The van der Waals surface area contributed by atoms with Crippen molar-refractivity contribution in [1.82, 2.24) is 0 Å². The minimum Gasteiger partial charge on any atom is -0.549 e. The molecule has 0 aliphatic carbocycles. The predicted octanol–water partition coefficient (Wildman–Crippen LogP) is 4.59. The second-order valence-electron chi connectivity index (χ2n) is 8.74. The minimum absolute atomic E-state index is 0.285. The molecule has 36 heavy (non-hydrogen) atoms. The molecule has 0 N–H and O–H groups in total. The molecule has 0 saturated carbocycles. The Bertz CT molecular complexity index is 1210. The molecule has 0 amide bonds. The van der Waals surface area contributed by atoms with Crippen molar-refractivity contribution >= 4 is 35.0 Å². The Hall–Kier alpha value is -3.67. The summed E-state index contributed by atoms with van der Waals surface area (Å²) in [6.45, 7) is 6.55. The zero-order chi connectivity index (χ0) is 27.6. The van der Waals surface area contributed by atoms with Crippen LogP contribution in [0, 0.1) is 21.4 Å². The Morgan fingerprint density at radius 2 is 1.67 bits per heavy atom. The van der Waals surface area contributed by atoms with Gasteiger partial charge in [0.1, 0.15) is 23.2 Å². The van der Waals surface area contributed by atoms with Crippen LogP contribution in [0.15, 0.2) is 36.4 Å². The third kappa shape index (κ3) is 6.72. The van der Waals surface area contributed by atoms with Crippen LogP contribution in [0.3, 0.4) is 0 Å². The summed E-state index contributed by atoms with van der Waals surface area (Å²) in [5.41, 5.74) is -3.35. The Morgan fingerprint density at radius 1 is 1.06 bits per heavy atom. The number of benzene rings is 2. The summed E-state index contributed by atoms with van der Waals surface area (Å²) < 4.78 is 49.0. The molecule has 0 aliphatic rings. The average molecular weight is 531 g/mol. The van der Waals surface area contributed by atoms with Gasteiger partial charge in [0.05, 0.1) is 21.5 Å². The molecule has 194 valence electrons. The van der Waals surface area contributed by atoms with Crippen molar-refractivity contribution < 1.29 is 47.1 Å². The highest BCUT2D eigenvalue weighted by Crippen LogP contribution is 2.37. The van der Waals surface area contributed by atoms with Gasteiger partial charge in [-0.3, -0.25) is 19.7 Å². The second kappa shape index (κ2) is 10.5. The molecule has 0 fully saturated rings. The van der Waals surface area contributed by atoms with E-state index in [4.69, 9.17) is 21.1 Å². The number of nitro groups is 1. The third-order valence-electron chi connectivity index (χ3n) is 5.16. The quantitative estimate of drug-likeness (QED) is 0.159. The molecular weight excluding hydrogens is 511 g/mol. The predicted molar refractivity (Wildman–Crippen MR) is 117 cm³/mol. The van der Waals surface area contributed by atoms with E-state index in [0.717, 1.165) is 24.3 Å². The van der Waals surface area contributed by atoms with Crippen molar-refractivity contribution in [2.75, 3.05) is 0 Å². The molecule has 0 radical (unpaired) electrons. The van der Waals surface area contributed by atoms with E-state index < -0.39 is 68.1 Å². The van der Waals surface area contributed by atoms with Gasteiger partial charge in [0.15, 0.2) is 11.7 Å². The summed E-state index contributed by atoms with van der Waals surface area (Å²) >= 11 is 5.84. The number of carbonyl (C=O) groups excluding carboxylic acids is 3. The molecular formula is C23H20ClF3NO8-. The molecule has 0 bridgehead atoms. The number of Topliss-reactive ketones (excluding diaryl/α,β-unsaturated/α-hetero) is 1. The van der Waals surface area contributed by atoms with Crippen LogP contribution in [0.2, 0.25) is 5.02 Å². The Kier molecular flexibility index (Phi) is 8.35. The Labute approximate surface area is 207 Å². The van der Waals surface area contributed by atoms with Crippen LogP contribution in [0.4, 0.5) is 18.9 Å². The number of rotatable bonds is 8. The Morgan fingerprint density at radius 3 is 2.14 bits per heavy atom. The van der Waals surface area contributed by atoms with E-state index in [0.29, 0.717) is 12.1 Å². The number of ether oxygens (including phenoxy) is 2. The fourth-order valence-electron chi connectivity index (χ4n) is 2.71. The third-order valence-corrected chi connectivity index (χ3v) is 5.46. The summed E-state index contributed by atoms with van der Waals surface area (Å²) in [7, 11) is 0. The second-order valence-corrected chi connectivity index (χ2v) is 9.15. The van der Waals surface area contributed by atoms with Crippen molar-refractivity contribution in [2.45, 2.75) is 40.0 Å². The molecule has 2 aromatic rings. The fourth-order valence-corrected chi connectivity index (χ4v) is 2.93. The molecule has 0 spiro atoms. The first-order chi connectivity index (χ1) is 16.4. The number of hydrogen-bond acceptors (Lipinski definition) is 8. The van der Waals surface area contributed by atoms with Crippen LogP contribution in [-0.4, -0.2) is 28.7 Å². The number of halogens is 4. The van der Waals surface area contributed by atoms with Crippen LogP contribution >= 0.6 is 11.6 Å². The maximum atomic E-state index is 13.0. The zero-order valence-electron chi connectivity index (χ0n) is 19.3. The number of nitro benzene ring substituents is 1. The molecule has 2 aromatic carbocycles. The first kappa shape index (κ1) is 28.6. The van der Waals surface area contributed by atoms with Gasteiger partial charge in [-0.15, -0.1) is 0 Å². The summed E-state index contributed by atoms with van der Waals surface area (Å²) in [6.07, 6.45) is -5.50. The van der Waals surface area contributed by atoms with Gasteiger partial charge >= 0.3 is 12.1 Å². The lowest BCUT2D eigenvalue weighted by Crippen LogP contribution is -2.44. The zero-order valence-corrected chi connectivity index (χ0v) is 20.1. The van der Waals surface area contributed by atoms with Gasteiger partial charge in [-0.05, 0) is 42.7 Å². The van der Waals surface area contributed by atoms with Gasteiger partial charge in [-0.1, -0.05) is 32.4 Å². The van der Waals surface area contributed by atoms with Crippen molar-refractivity contribution in [2.24, 2.45) is 11.3 Å². The molecule has 0 aliphatic heterocycles. The van der Waals surface area contributed by atoms with Crippen molar-refractivity contribution in [3.05, 3.63) is 62.7 Å². The number of hydrogen-bond donors (Lipinski definition) is 0. The van der Waals surface area contributed by atoms with Crippen LogP contribution < -0.4 is 9.84 Å². The van der Waals surface area contributed by atoms with Gasteiger partial charge in [0, 0.05) is 6.07 Å². The van der Waals surface area contributed by atoms with Crippen molar-refractivity contribution in [3.8, 4) is 11.5 Å². The van der Waals surface area contributed by atoms with Crippen molar-refractivity contribution in [1.29, 1.82) is 0 Å². The first-order valence-corrected chi connectivity index (χ1v) is 10.6. The van der Waals surface area contributed by atoms with Gasteiger partial charge in [-0.25, -0.2) is 0 Å². The maximum absolute atomic E-state index is 13.0. The largest absolute Gasteiger partial charge is 0.549 e. The van der Waals surface area contributed by atoms with E-state index in [9.17, 15) is 42.8 Å². The highest BCUT2D eigenvalue weighted by atomic mass is 35.5. The number of nitrogens with zero attached hydrogens (tertiary/aromatic N) is 1. The normalized spacial score (nSPS) is 13.4. The monoisotopic (exact) mass is 530 g/mol. The number of carbonyl (C=O) groups is 3. The van der Waals surface area contributed by atoms with Crippen molar-refractivity contribution in [3.63, 3.8) is 0 Å². The highest BCUT2D eigenvalue weighted by Gasteiger charge is 2.37. The topological polar surface area (TPSA) is 136 Å². The summed E-state index contributed by atoms with van der Waals surface area (Å²) in [5, 5.41) is 22.7. The van der Waals surface area contributed by atoms with Crippen LogP contribution in [0.1, 0.15) is 43.6 Å².